The molecule has 1 aliphatic rings. The summed E-state index contributed by atoms with van der Waals surface area (Å²) in [5.41, 5.74) is 1.68. The Hall–Kier alpha value is -2.51. The van der Waals surface area contributed by atoms with Crippen molar-refractivity contribution in [3.63, 3.8) is 0 Å². The van der Waals surface area contributed by atoms with Crippen LogP contribution in [0.3, 0.4) is 0 Å². The Labute approximate surface area is 159 Å². The second-order valence-electron chi connectivity index (χ2n) is 6.64. The lowest BCUT2D eigenvalue weighted by atomic mass is 10.1. The van der Waals surface area contributed by atoms with Crippen LogP contribution in [0.25, 0.3) is 0 Å². The van der Waals surface area contributed by atoms with Crippen molar-refractivity contribution in [2.45, 2.75) is 31.1 Å². The van der Waals surface area contributed by atoms with Crippen molar-refractivity contribution in [3.8, 4) is 0 Å². The lowest BCUT2D eigenvalue weighted by Gasteiger charge is -2.25. The number of nitrogens with one attached hydrogen (secondary N) is 1. The van der Waals surface area contributed by atoms with Gasteiger partial charge in [-0.1, -0.05) is 36.2 Å². The number of rotatable bonds is 5. The van der Waals surface area contributed by atoms with E-state index in [4.69, 9.17) is 0 Å². The number of ketones is 1. The molecule has 0 spiro atoms. The molecule has 7 heteroatoms. The first-order chi connectivity index (χ1) is 12.9. The van der Waals surface area contributed by atoms with E-state index in [1.165, 1.54) is 28.6 Å². The topological polar surface area (TPSA) is 83.5 Å². The molecular formula is C20H22N2O4S. The number of Topliss-reactive ketones (excluding diaryl/α,β-unsaturated/α-hetero) is 1. The number of hydrogen-bond acceptors (Lipinski definition) is 4. The highest BCUT2D eigenvalue weighted by molar-refractivity contribution is 7.89. The van der Waals surface area contributed by atoms with Gasteiger partial charge in [0.05, 0.1) is 4.90 Å². The average Bonchev–Trinajstić information content (AvgIpc) is 2.69. The van der Waals surface area contributed by atoms with Crippen molar-refractivity contribution in [3.05, 3.63) is 59.7 Å². The number of benzene rings is 2. The highest BCUT2D eigenvalue weighted by Gasteiger charge is 2.25. The fourth-order valence-electron chi connectivity index (χ4n) is 2.99. The smallest absolute Gasteiger partial charge is 0.296 e. The van der Waals surface area contributed by atoms with Crippen LogP contribution in [0.15, 0.2) is 53.4 Å². The Bertz CT molecular complexity index is 929. The molecule has 142 valence electrons. The van der Waals surface area contributed by atoms with E-state index in [9.17, 15) is 18.0 Å². The largest absolute Gasteiger partial charge is 0.319 e. The highest BCUT2D eigenvalue weighted by Crippen LogP contribution is 2.22. The summed E-state index contributed by atoms with van der Waals surface area (Å²) in [6.07, 6.45) is 2.79. The Balaban J connectivity index is 1.69. The molecule has 0 atom stereocenters. The first kappa shape index (κ1) is 19.3. The summed E-state index contributed by atoms with van der Waals surface area (Å²) in [6, 6.07) is 12.6. The maximum Gasteiger partial charge on any atom is 0.296 e. The molecule has 2 aromatic carbocycles. The molecule has 2 aromatic rings. The molecule has 0 saturated carbocycles. The molecule has 0 radical (unpaired) electrons. The van der Waals surface area contributed by atoms with E-state index in [0.717, 1.165) is 24.8 Å². The van der Waals surface area contributed by atoms with Crippen LogP contribution in [0.1, 0.15) is 35.2 Å². The maximum atomic E-state index is 12.6. The van der Waals surface area contributed by atoms with Crippen LogP contribution in [0, 0.1) is 6.92 Å². The minimum atomic E-state index is -3.52. The summed E-state index contributed by atoms with van der Waals surface area (Å²) in [6.45, 7) is 2.96. The van der Waals surface area contributed by atoms with Crippen LogP contribution in [0.5, 0.6) is 0 Å². The second kappa shape index (κ2) is 8.02. The third kappa shape index (κ3) is 4.43. The Morgan fingerprint density at radius 2 is 1.48 bits per heavy atom. The van der Waals surface area contributed by atoms with Crippen LogP contribution in [-0.2, 0) is 14.8 Å². The average molecular weight is 386 g/mol. The number of piperidine rings is 1. The summed E-state index contributed by atoms with van der Waals surface area (Å²) in [4.78, 5) is 24.5. The fourth-order valence-corrected chi connectivity index (χ4v) is 4.51. The van der Waals surface area contributed by atoms with Crippen LogP contribution in [0.2, 0.25) is 0 Å². The predicted molar refractivity (Wildman–Crippen MR) is 103 cm³/mol. The molecule has 1 saturated heterocycles. The van der Waals surface area contributed by atoms with Crippen LogP contribution in [-0.4, -0.2) is 37.5 Å². The van der Waals surface area contributed by atoms with Gasteiger partial charge < -0.3 is 5.32 Å². The molecule has 1 N–H and O–H groups in total. The van der Waals surface area contributed by atoms with E-state index < -0.39 is 21.7 Å². The van der Waals surface area contributed by atoms with Crippen molar-refractivity contribution in [1.82, 2.24) is 4.31 Å². The summed E-state index contributed by atoms with van der Waals surface area (Å²) in [5.74, 6) is -1.40. The molecule has 0 aromatic heterocycles. The number of anilines is 1. The van der Waals surface area contributed by atoms with E-state index in [-0.39, 0.29) is 4.90 Å². The van der Waals surface area contributed by atoms with Gasteiger partial charge in [-0.2, -0.15) is 4.31 Å². The first-order valence-corrected chi connectivity index (χ1v) is 10.3. The number of amides is 1. The predicted octanol–water partition coefficient (Wildman–Crippen LogP) is 2.99. The molecule has 0 unspecified atom stereocenters. The van der Waals surface area contributed by atoms with Gasteiger partial charge in [0.15, 0.2) is 0 Å². The molecule has 0 aliphatic carbocycles. The summed E-state index contributed by atoms with van der Waals surface area (Å²) < 4.78 is 26.7. The number of carbonyl (C=O) groups excluding carboxylic acids is 2. The molecule has 6 nitrogen and oxygen atoms in total. The van der Waals surface area contributed by atoms with Crippen molar-refractivity contribution >= 4 is 27.4 Å². The minimum absolute atomic E-state index is 0.187. The lowest BCUT2D eigenvalue weighted by Crippen LogP contribution is -2.35. The molecule has 1 heterocycles. The highest BCUT2D eigenvalue weighted by atomic mass is 32.2. The number of hydrogen-bond donors (Lipinski definition) is 1. The van der Waals surface area contributed by atoms with Crippen molar-refractivity contribution in [2.75, 3.05) is 18.4 Å². The van der Waals surface area contributed by atoms with Gasteiger partial charge in [-0.05, 0) is 44.0 Å². The maximum absolute atomic E-state index is 12.6. The molecule has 27 heavy (non-hydrogen) atoms. The zero-order chi connectivity index (χ0) is 19.4. The van der Waals surface area contributed by atoms with Crippen LogP contribution < -0.4 is 5.32 Å². The van der Waals surface area contributed by atoms with Crippen molar-refractivity contribution < 1.29 is 18.0 Å². The summed E-state index contributed by atoms with van der Waals surface area (Å²) in [5, 5.41) is 2.52. The number of nitrogens with zero attached hydrogens (tertiary/aromatic N) is 1. The van der Waals surface area contributed by atoms with Gasteiger partial charge in [0.25, 0.3) is 11.7 Å². The van der Waals surface area contributed by atoms with Gasteiger partial charge >= 0.3 is 0 Å². The fraction of sp³-hybridized carbons (Fsp3) is 0.300. The van der Waals surface area contributed by atoms with Crippen molar-refractivity contribution in [1.29, 1.82) is 0 Å². The van der Waals surface area contributed by atoms with Gasteiger partial charge in [-0.3, -0.25) is 9.59 Å². The van der Waals surface area contributed by atoms with E-state index in [1.54, 1.807) is 24.3 Å². The molecule has 1 fully saturated rings. The Kier molecular flexibility index (Phi) is 5.72. The second-order valence-corrected chi connectivity index (χ2v) is 8.58. The van der Waals surface area contributed by atoms with Gasteiger partial charge in [0.1, 0.15) is 0 Å². The van der Waals surface area contributed by atoms with E-state index in [2.05, 4.69) is 5.32 Å². The quantitative estimate of drug-likeness (QED) is 0.632. The van der Waals surface area contributed by atoms with Crippen LogP contribution in [0.4, 0.5) is 5.69 Å². The van der Waals surface area contributed by atoms with Gasteiger partial charge in [0.2, 0.25) is 10.0 Å². The monoisotopic (exact) mass is 386 g/mol. The minimum Gasteiger partial charge on any atom is -0.319 e. The van der Waals surface area contributed by atoms with E-state index in [1.807, 2.05) is 6.92 Å². The third-order valence-electron chi connectivity index (χ3n) is 4.58. The zero-order valence-corrected chi connectivity index (χ0v) is 16.0. The first-order valence-electron chi connectivity index (χ1n) is 8.90. The van der Waals surface area contributed by atoms with E-state index >= 15 is 0 Å². The van der Waals surface area contributed by atoms with Gasteiger partial charge in [-0.15, -0.1) is 0 Å². The normalized spacial score (nSPS) is 15.3. The SMILES string of the molecule is Cc1ccc(C(=O)C(=O)Nc2ccc(S(=O)(=O)N3CCCCC3)cc2)cc1. The molecule has 3 rings (SSSR count). The number of carbonyl (C=O) groups is 2. The third-order valence-corrected chi connectivity index (χ3v) is 6.50. The van der Waals surface area contributed by atoms with Gasteiger partial charge in [-0.25, -0.2) is 8.42 Å². The summed E-state index contributed by atoms with van der Waals surface area (Å²) in [7, 11) is -3.52. The molecule has 1 aliphatic heterocycles. The lowest BCUT2D eigenvalue weighted by molar-refractivity contribution is -0.112. The Morgan fingerprint density at radius 1 is 0.889 bits per heavy atom. The Morgan fingerprint density at radius 3 is 2.07 bits per heavy atom. The standard InChI is InChI=1S/C20H22N2O4S/c1-15-5-7-16(8-6-15)19(23)20(24)21-17-9-11-18(12-10-17)27(25,26)22-13-3-2-4-14-22/h5-12H,2-4,13-14H2,1H3,(H,21,24). The molecular weight excluding hydrogens is 364 g/mol. The van der Waals surface area contributed by atoms with Crippen molar-refractivity contribution in [2.24, 2.45) is 0 Å². The molecule has 1 amide bonds. The number of sulfonamides is 1. The van der Waals surface area contributed by atoms with Crippen LogP contribution >= 0.6 is 0 Å². The van der Waals surface area contributed by atoms with Gasteiger partial charge in [0, 0.05) is 24.3 Å². The van der Waals surface area contributed by atoms with E-state index in [0.29, 0.717) is 24.3 Å². The number of aryl methyl sites for hydroxylation is 1. The molecule has 0 bridgehead atoms. The zero-order valence-electron chi connectivity index (χ0n) is 15.1. The summed E-state index contributed by atoms with van der Waals surface area (Å²) >= 11 is 0.